The minimum Gasteiger partial charge on any atom is -0.394 e. The van der Waals surface area contributed by atoms with Crippen LogP contribution < -0.4 is 5.32 Å². The summed E-state index contributed by atoms with van der Waals surface area (Å²) in [7, 11) is 0. The quantitative estimate of drug-likeness (QED) is 0.0420. The minimum atomic E-state index is -0.835. The molecule has 0 saturated heterocycles. The van der Waals surface area contributed by atoms with E-state index in [1.165, 1.54) is 315 Å². The molecule has 0 aromatic heterocycles. The van der Waals surface area contributed by atoms with Crippen molar-refractivity contribution in [2.24, 2.45) is 0 Å². The Balaban J connectivity index is 3.37. The third-order valence-electron chi connectivity index (χ3n) is 14.8. The van der Waals surface area contributed by atoms with Crippen LogP contribution in [0.1, 0.15) is 361 Å². The summed E-state index contributed by atoms with van der Waals surface area (Å²) in [5, 5.41) is 23.2. The van der Waals surface area contributed by atoms with Crippen LogP contribution >= 0.6 is 0 Å². The van der Waals surface area contributed by atoms with Gasteiger partial charge < -0.3 is 15.5 Å². The highest BCUT2D eigenvalue weighted by Crippen LogP contribution is 2.19. The van der Waals surface area contributed by atoms with Crippen molar-refractivity contribution in [3.05, 3.63) is 12.2 Å². The lowest BCUT2D eigenvalue weighted by molar-refractivity contribution is -0.123. The molecule has 0 aliphatic carbocycles. The van der Waals surface area contributed by atoms with Gasteiger partial charge in [-0.3, -0.25) is 4.79 Å². The molecule has 2 atom stereocenters. The lowest BCUT2D eigenvalue weighted by Gasteiger charge is -2.20. The van der Waals surface area contributed by atoms with Crippen molar-refractivity contribution in [1.82, 2.24) is 5.32 Å². The van der Waals surface area contributed by atoms with Gasteiger partial charge in [0, 0.05) is 6.42 Å². The second-order valence-corrected chi connectivity index (χ2v) is 21.5. The Morgan fingerprint density at radius 1 is 0.348 bits per heavy atom. The molecule has 4 nitrogen and oxygen atoms in total. The molecule has 0 saturated carbocycles. The molecule has 0 fully saturated rings. The van der Waals surface area contributed by atoms with Crippen LogP contribution in [0.25, 0.3) is 0 Å². The average molecular weight is 931 g/mol. The highest BCUT2D eigenvalue weighted by molar-refractivity contribution is 5.76. The van der Waals surface area contributed by atoms with Crippen molar-refractivity contribution in [1.29, 1.82) is 0 Å². The monoisotopic (exact) mass is 930 g/mol. The molecule has 0 spiro atoms. The number of amides is 1. The van der Waals surface area contributed by atoms with Crippen LogP contribution in [0.5, 0.6) is 0 Å². The second-order valence-electron chi connectivity index (χ2n) is 21.5. The first-order valence-electron chi connectivity index (χ1n) is 30.9. The van der Waals surface area contributed by atoms with Gasteiger partial charge in [0.25, 0.3) is 0 Å². The van der Waals surface area contributed by atoms with E-state index in [-0.39, 0.29) is 12.5 Å². The Hall–Kier alpha value is -0.870. The molecule has 4 heteroatoms. The van der Waals surface area contributed by atoms with Crippen molar-refractivity contribution >= 4 is 5.91 Å². The van der Waals surface area contributed by atoms with Gasteiger partial charge in [-0.05, 0) is 19.3 Å². The van der Waals surface area contributed by atoms with E-state index in [0.29, 0.717) is 6.42 Å². The maximum absolute atomic E-state index is 12.5. The molecular weight excluding hydrogens is 807 g/mol. The molecule has 0 rings (SSSR count). The maximum Gasteiger partial charge on any atom is 0.220 e. The minimum absolute atomic E-state index is 0.0551. The number of unbranched alkanes of at least 4 members (excludes halogenated alkanes) is 51. The Kier molecular flexibility index (Phi) is 57.7. The summed E-state index contributed by atoms with van der Waals surface area (Å²) >= 11 is 0. The molecule has 66 heavy (non-hydrogen) atoms. The topological polar surface area (TPSA) is 69.6 Å². The molecule has 0 aliphatic rings. The summed E-state index contributed by atoms with van der Waals surface area (Å²) in [5.74, 6) is -0.0551. The molecule has 1 amide bonds. The van der Waals surface area contributed by atoms with E-state index in [4.69, 9.17) is 0 Å². The van der Waals surface area contributed by atoms with Gasteiger partial charge in [-0.25, -0.2) is 0 Å². The van der Waals surface area contributed by atoms with Crippen molar-refractivity contribution in [3.8, 4) is 0 Å². The molecule has 2 unspecified atom stereocenters. The van der Waals surface area contributed by atoms with Crippen LogP contribution in [0.4, 0.5) is 0 Å². The van der Waals surface area contributed by atoms with E-state index in [2.05, 4.69) is 19.2 Å². The predicted octanol–water partition coefficient (Wildman–Crippen LogP) is 20.5. The van der Waals surface area contributed by atoms with E-state index in [1.807, 2.05) is 6.08 Å². The van der Waals surface area contributed by atoms with Crippen LogP contribution in [0, 0.1) is 0 Å². The summed E-state index contributed by atoms with van der Waals surface area (Å²) < 4.78 is 0. The molecule has 0 aromatic carbocycles. The van der Waals surface area contributed by atoms with Crippen LogP contribution in [0.2, 0.25) is 0 Å². The fourth-order valence-corrected chi connectivity index (χ4v) is 10.1. The lowest BCUT2D eigenvalue weighted by atomic mass is 10.0. The Morgan fingerprint density at radius 3 is 0.788 bits per heavy atom. The summed E-state index contributed by atoms with van der Waals surface area (Å²) in [4.78, 5) is 12.5. The number of allylic oxidation sites excluding steroid dienone is 1. The number of aliphatic hydroxyl groups excluding tert-OH is 2. The summed E-state index contributed by atoms with van der Waals surface area (Å²) in [6.45, 7) is 4.35. The second kappa shape index (κ2) is 58.4. The fraction of sp³-hybridized carbons (Fsp3) is 0.952. The van der Waals surface area contributed by atoms with Gasteiger partial charge in [-0.1, -0.05) is 347 Å². The van der Waals surface area contributed by atoms with E-state index < -0.39 is 12.1 Å². The number of aliphatic hydroxyl groups is 2. The Labute approximate surface area is 416 Å². The van der Waals surface area contributed by atoms with Crippen LogP contribution in [0.15, 0.2) is 12.2 Å². The fourth-order valence-electron chi connectivity index (χ4n) is 10.1. The van der Waals surface area contributed by atoms with Crippen LogP contribution in [-0.4, -0.2) is 34.9 Å². The van der Waals surface area contributed by atoms with E-state index in [0.717, 1.165) is 25.7 Å². The molecule has 3 N–H and O–H groups in total. The number of rotatable bonds is 58. The van der Waals surface area contributed by atoms with Gasteiger partial charge in [-0.2, -0.15) is 0 Å². The molecule has 0 aliphatic heterocycles. The number of nitrogens with one attached hydrogen (secondary N) is 1. The van der Waals surface area contributed by atoms with Crippen LogP contribution in [-0.2, 0) is 4.79 Å². The zero-order chi connectivity index (χ0) is 47.7. The smallest absolute Gasteiger partial charge is 0.220 e. The number of carbonyl (C=O) groups excluding carboxylic acids is 1. The molecule has 0 bridgehead atoms. The zero-order valence-corrected chi connectivity index (χ0v) is 45.5. The highest BCUT2D eigenvalue weighted by atomic mass is 16.3. The largest absolute Gasteiger partial charge is 0.394 e. The third-order valence-corrected chi connectivity index (χ3v) is 14.8. The lowest BCUT2D eigenvalue weighted by Crippen LogP contribution is -2.45. The van der Waals surface area contributed by atoms with Crippen molar-refractivity contribution in [2.75, 3.05) is 6.61 Å². The van der Waals surface area contributed by atoms with Crippen molar-refractivity contribution in [2.45, 2.75) is 373 Å². The predicted molar refractivity (Wildman–Crippen MR) is 295 cm³/mol. The van der Waals surface area contributed by atoms with Crippen molar-refractivity contribution < 1.29 is 15.0 Å². The van der Waals surface area contributed by atoms with Gasteiger partial charge in [0.1, 0.15) is 0 Å². The van der Waals surface area contributed by atoms with Gasteiger partial charge in [0.2, 0.25) is 5.91 Å². The third kappa shape index (κ3) is 54.1. The van der Waals surface area contributed by atoms with E-state index >= 15 is 0 Å². The average Bonchev–Trinajstić information content (AvgIpc) is 3.32. The maximum atomic E-state index is 12.5. The van der Waals surface area contributed by atoms with Gasteiger partial charge in [-0.15, -0.1) is 0 Å². The first kappa shape index (κ1) is 65.1. The van der Waals surface area contributed by atoms with Crippen molar-refractivity contribution in [3.63, 3.8) is 0 Å². The van der Waals surface area contributed by atoms with Gasteiger partial charge >= 0.3 is 0 Å². The number of carbonyl (C=O) groups is 1. The van der Waals surface area contributed by atoms with Gasteiger partial charge in [0.05, 0.1) is 18.8 Å². The Morgan fingerprint density at radius 2 is 0.561 bits per heavy atom. The molecule has 0 heterocycles. The van der Waals surface area contributed by atoms with Gasteiger partial charge in [0.15, 0.2) is 0 Å². The summed E-state index contributed by atoms with van der Waals surface area (Å²) in [5.41, 5.74) is 0. The number of hydrogen-bond donors (Lipinski definition) is 3. The molecule has 0 radical (unpaired) electrons. The Bertz CT molecular complexity index is 921. The van der Waals surface area contributed by atoms with E-state index in [9.17, 15) is 15.0 Å². The van der Waals surface area contributed by atoms with Crippen LogP contribution in [0.3, 0.4) is 0 Å². The first-order valence-corrected chi connectivity index (χ1v) is 30.9. The molecule has 0 aromatic rings. The SMILES string of the molecule is CCCCCCCCCCCCCCCCCC/C=C/C(O)C(CO)NC(=O)CCCCCCCCCCCCCCCCCCCCCCCCCCCCCCCCCCCCCC. The first-order chi connectivity index (χ1) is 32.7. The molecule has 394 valence electrons. The summed E-state index contributed by atoms with van der Waals surface area (Å²) in [6, 6.07) is -0.618. The summed E-state index contributed by atoms with van der Waals surface area (Å²) in [6.07, 6.45) is 77.0. The normalized spacial score (nSPS) is 12.7. The van der Waals surface area contributed by atoms with E-state index in [1.54, 1.807) is 6.08 Å². The molecular formula is C62H123NO3. The standard InChI is InChI=1S/C62H123NO3/c1-3-5-7-9-11-13-15-17-19-21-23-24-25-26-27-28-29-30-31-32-33-34-35-36-37-38-39-40-42-44-46-48-50-52-54-56-58-62(66)63-60(59-64)61(65)57-55-53-51-49-47-45-43-41-22-20-18-16-14-12-10-8-6-4-2/h55,57,60-61,64-65H,3-54,56,58-59H2,1-2H3,(H,63,66)/b57-55+. The highest BCUT2D eigenvalue weighted by Gasteiger charge is 2.18. The zero-order valence-electron chi connectivity index (χ0n) is 45.5. The number of hydrogen-bond acceptors (Lipinski definition) is 3.